The molecule has 0 heterocycles. The first-order valence-corrected chi connectivity index (χ1v) is 12.6. The smallest absolute Gasteiger partial charge is 0.251 e. The van der Waals surface area contributed by atoms with Gasteiger partial charge in [0.05, 0.1) is 7.11 Å². The van der Waals surface area contributed by atoms with E-state index < -0.39 is 6.04 Å². The molecule has 2 amide bonds. The van der Waals surface area contributed by atoms with Crippen molar-refractivity contribution in [1.29, 1.82) is 0 Å². The Morgan fingerprint density at radius 2 is 1.79 bits per heavy atom. The van der Waals surface area contributed by atoms with E-state index in [1.54, 1.807) is 13.2 Å². The van der Waals surface area contributed by atoms with Gasteiger partial charge in [0.25, 0.3) is 5.91 Å². The number of hydrogen-bond donors (Lipinski definition) is 3. The third-order valence-corrected chi connectivity index (χ3v) is 6.58. The quantitative estimate of drug-likeness (QED) is 0.382. The Labute approximate surface area is 203 Å². The van der Waals surface area contributed by atoms with Crippen molar-refractivity contribution in [2.45, 2.75) is 64.3 Å². The fourth-order valence-corrected chi connectivity index (χ4v) is 4.61. The average molecular weight is 466 g/mol. The Bertz CT molecular complexity index is 907. The highest BCUT2D eigenvalue weighted by atomic mass is 16.5. The minimum Gasteiger partial charge on any atom is -0.497 e. The molecule has 6 nitrogen and oxygen atoms in total. The van der Waals surface area contributed by atoms with Crippen LogP contribution < -0.4 is 20.7 Å². The molecule has 0 saturated heterocycles. The zero-order valence-corrected chi connectivity index (χ0v) is 20.6. The van der Waals surface area contributed by atoms with Gasteiger partial charge in [-0.1, -0.05) is 62.6 Å². The van der Waals surface area contributed by atoms with E-state index in [2.05, 4.69) is 16.0 Å². The number of carbonyl (C=O) groups is 2. The van der Waals surface area contributed by atoms with Crippen LogP contribution in [0.25, 0.3) is 0 Å². The number of hydrogen-bond acceptors (Lipinski definition) is 4. The number of benzene rings is 2. The number of amides is 2. The van der Waals surface area contributed by atoms with E-state index in [1.165, 1.54) is 32.1 Å². The maximum absolute atomic E-state index is 13.0. The van der Waals surface area contributed by atoms with Crippen molar-refractivity contribution in [3.63, 3.8) is 0 Å². The van der Waals surface area contributed by atoms with Crippen molar-refractivity contribution in [1.82, 2.24) is 10.6 Å². The molecule has 184 valence electrons. The van der Waals surface area contributed by atoms with Crippen LogP contribution in [0.3, 0.4) is 0 Å². The molecule has 0 aromatic heterocycles. The van der Waals surface area contributed by atoms with Gasteiger partial charge in [0.15, 0.2) is 0 Å². The zero-order chi connectivity index (χ0) is 24.2. The van der Waals surface area contributed by atoms with E-state index in [9.17, 15) is 9.59 Å². The third kappa shape index (κ3) is 8.40. The number of ether oxygens (including phenoxy) is 1. The Hall–Kier alpha value is -3.02. The minimum absolute atomic E-state index is 0.124. The van der Waals surface area contributed by atoms with E-state index in [1.807, 2.05) is 49.4 Å². The molecule has 0 radical (unpaired) electrons. The number of anilines is 1. The summed E-state index contributed by atoms with van der Waals surface area (Å²) in [6, 6.07) is 14.6. The number of rotatable bonds is 12. The topological polar surface area (TPSA) is 79.5 Å². The lowest BCUT2D eigenvalue weighted by atomic mass is 9.85. The van der Waals surface area contributed by atoms with Gasteiger partial charge >= 0.3 is 0 Å². The SMILES string of the molecule is COc1ccc(NCCNC(=O)C(CCCC2CCCCC2)NC(=O)c2cccc(C)c2)cc1. The fraction of sp³-hybridized carbons (Fsp3) is 0.500. The van der Waals surface area contributed by atoms with Crippen LogP contribution >= 0.6 is 0 Å². The molecule has 2 aromatic carbocycles. The largest absolute Gasteiger partial charge is 0.497 e. The van der Waals surface area contributed by atoms with E-state index in [-0.39, 0.29) is 11.8 Å². The summed E-state index contributed by atoms with van der Waals surface area (Å²) in [7, 11) is 1.64. The van der Waals surface area contributed by atoms with Crippen LogP contribution in [0.5, 0.6) is 5.75 Å². The second-order valence-corrected chi connectivity index (χ2v) is 9.28. The fourth-order valence-electron chi connectivity index (χ4n) is 4.61. The maximum atomic E-state index is 13.0. The zero-order valence-electron chi connectivity index (χ0n) is 20.6. The van der Waals surface area contributed by atoms with Gasteiger partial charge in [0.2, 0.25) is 5.91 Å². The summed E-state index contributed by atoms with van der Waals surface area (Å²) < 4.78 is 5.17. The van der Waals surface area contributed by atoms with Crippen LogP contribution in [0.4, 0.5) is 5.69 Å². The highest BCUT2D eigenvalue weighted by molar-refractivity contribution is 5.97. The predicted octanol–water partition coefficient (Wildman–Crippen LogP) is 5.08. The number of carbonyl (C=O) groups excluding carboxylic acids is 2. The van der Waals surface area contributed by atoms with E-state index in [0.717, 1.165) is 35.8 Å². The lowest BCUT2D eigenvalue weighted by Gasteiger charge is -2.23. The van der Waals surface area contributed by atoms with Crippen molar-refractivity contribution in [2.24, 2.45) is 5.92 Å². The van der Waals surface area contributed by atoms with Crippen molar-refractivity contribution in [2.75, 3.05) is 25.5 Å². The summed E-state index contributed by atoms with van der Waals surface area (Å²) in [4.78, 5) is 25.8. The predicted molar refractivity (Wildman–Crippen MR) is 137 cm³/mol. The van der Waals surface area contributed by atoms with Crippen molar-refractivity contribution < 1.29 is 14.3 Å². The molecular formula is C28H39N3O3. The summed E-state index contributed by atoms with van der Waals surface area (Å²) in [6.07, 6.45) is 9.31. The Balaban J connectivity index is 1.50. The van der Waals surface area contributed by atoms with Gasteiger partial charge < -0.3 is 20.7 Å². The molecule has 3 N–H and O–H groups in total. The van der Waals surface area contributed by atoms with Gasteiger partial charge in [0.1, 0.15) is 11.8 Å². The summed E-state index contributed by atoms with van der Waals surface area (Å²) in [5, 5.41) is 9.27. The lowest BCUT2D eigenvalue weighted by molar-refractivity contribution is -0.123. The molecule has 2 aromatic rings. The Morgan fingerprint density at radius 1 is 1.03 bits per heavy atom. The average Bonchev–Trinajstić information content (AvgIpc) is 2.86. The second-order valence-electron chi connectivity index (χ2n) is 9.28. The van der Waals surface area contributed by atoms with Crippen LogP contribution in [0.1, 0.15) is 67.3 Å². The first-order valence-electron chi connectivity index (χ1n) is 12.6. The van der Waals surface area contributed by atoms with Gasteiger partial charge in [-0.3, -0.25) is 9.59 Å². The maximum Gasteiger partial charge on any atom is 0.251 e. The van der Waals surface area contributed by atoms with Gasteiger partial charge in [-0.05, 0) is 55.7 Å². The Morgan fingerprint density at radius 3 is 2.50 bits per heavy atom. The molecule has 0 bridgehead atoms. The summed E-state index contributed by atoms with van der Waals surface area (Å²) >= 11 is 0. The normalized spacial score (nSPS) is 14.8. The van der Waals surface area contributed by atoms with Crippen LogP contribution in [0, 0.1) is 12.8 Å². The number of aryl methyl sites for hydroxylation is 1. The molecule has 0 aliphatic heterocycles. The minimum atomic E-state index is -0.530. The molecule has 1 saturated carbocycles. The molecule has 34 heavy (non-hydrogen) atoms. The highest BCUT2D eigenvalue weighted by Gasteiger charge is 2.22. The molecule has 1 fully saturated rings. The van der Waals surface area contributed by atoms with Gasteiger partial charge in [-0.25, -0.2) is 0 Å². The third-order valence-electron chi connectivity index (χ3n) is 6.58. The Kier molecular flexibility index (Phi) is 10.3. The van der Waals surface area contributed by atoms with Gasteiger partial charge in [0, 0.05) is 24.3 Å². The molecule has 1 atom stereocenters. The van der Waals surface area contributed by atoms with E-state index in [0.29, 0.717) is 25.1 Å². The number of nitrogens with one attached hydrogen (secondary N) is 3. The van der Waals surface area contributed by atoms with E-state index >= 15 is 0 Å². The molecule has 1 unspecified atom stereocenters. The number of methoxy groups -OCH3 is 1. The summed E-state index contributed by atoms with van der Waals surface area (Å²) in [5.41, 5.74) is 2.58. The molecule has 3 rings (SSSR count). The standard InChI is InChI=1S/C28H39N3O3/c1-21-8-6-12-23(20-21)27(32)31-26(13-7-11-22-9-4-3-5-10-22)28(33)30-19-18-29-24-14-16-25(34-2)17-15-24/h6,8,12,14-17,20,22,26,29H,3-5,7,9-11,13,18-19H2,1-2H3,(H,30,33)(H,31,32). The first kappa shape index (κ1) is 25.6. The van der Waals surface area contributed by atoms with Gasteiger partial charge in [-0.15, -0.1) is 0 Å². The van der Waals surface area contributed by atoms with Crippen molar-refractivity contribution in [3.8, 4) is 5.75 Å². The van der Waals surface area contributed by atoms with Gasteiger partial charge in [-0.2, -0.15) is 0 Å². The van der Waals surface area contributed by atoms with Crippen LogP contribution in [0.15, 0.2) is 48.5 Å². The summed E-state index contributed by atoms with van der Waals surface area (Å²) in [5.74, 6) is 1.25. The van der Waals surface area contributed by atoms with Crippen LogP contribution in [0.2, 0.25) is 0 Å². The van der Waals surface area contributed by atoms with Crippen molar-refractivity contribution in [3.05, 3.63) is 59.7 Å². The molecule has 6 heteroatoms. The molecular weight excluding hydrogens is 426 g/mol. The molecule has 1 aliphatic carbocycles. The van der Waals surface area contributed by atoms with Crippen molar-refractivity contribution >= 4 is 17.5 Å². The second kappa shape index (κ2) is 13.6. The van der Waals surface area contributed by atoms with E-state index in [4.69, 9.17) is 4.74 Å². The molecule has 0 spiro atoms. The lowest BCUT2D eigenvalue weighted by Crippen LogP contribution is -2.47. The summed E-state index contributed by atoms with van der Waals surface area (Å²) in [6.45, 7) is 3.03. The first-order chi connectivity index (χ1) is 16.5. The van der Waals surface area contributed by atoms with Crippen LogP contribution in [-0.2, 0) is 4.79 Å². The molecule has 1 aliphatic rings. The monoisotopic (exact) mass is 465 g/mol. The highest BCUT2D eigenvalue weighted by Crippen LogP contribution is 2.28. The van der Waals surface area contributed by atoms with Crippen LogP contribution in [-0.4, -0.2) is 38.1 Å².